The molecule has 0 aliphatic heterocycles. The largest absolute Gasteiger partial charge is 0.373 e. The van der Waals surface area contributed by atoms with E-state index in [1.54, 1.807) is 11.3 Å². The summed E-state index contributed by atoms with van der Waals surface area (Å²) in [5.74, 6) is 0.676. The molecule has 2 rings (SSSR count). The summed E-state index contributed by atoms with van der Waals surface area (Å²) in [7, 11) is 0. The van der Waals surface area contributed by atoms with Gasteiger partial charge in [-0.05, 0) is 37.1 Å². The van der Waals surface area contributed by atoms with Crippen LogP contribution < -0.4 is 5.73 Å². The topological polar surface area (TPSA) is 35.2 Å². The van der Waals surface area contributed by atoms with Crippen LogP contribution in [0.4, 0.5) is 0 Å². The van der Waals surface area contributed by atoms with Crippen molar-refractivity contribution >= 4 is 22.9 Å². The summed E-state index contributed by atoms with van der Waals surface area (Å²) in [6, 6.07) is 1.82. The predicted octanol–water partition coefficient (Wildman–Crippen LogP) is 4.39. The van der Waals surface area contributed by atoms with Crippen LogP contribution in [0.1, 0.15) is 50.4 Å². The number of ether oxygens (including phenoxy) is 1. The lowest BCUT2D eigenvalue weighted by Gasteiger charge is -2.43. The molecule has 1 aromatic heterocycles. The average Bonchev–Trinajstić information content (AvgIpc) is 2.75. The van der Waals surface area contributed by atoms with Crippen LogP contribution in [-0.4, -0.2) is 12.2 Å². The molecule has 1 aliphatic carbocycles. The van der Waals surface area contributed by atoms with E-state index in [0.29, 0.717) is 12.5 Å². The van der Waals surface area contributed by atoms with E-state index in [1.165, 1.54) is 12.8 Å². The first kappa shape index (κ1) is 14.3. The third-order valence-corrected chi connectivity index (χ3v) is 5.36. The zero-order valence-corrected chi connectivity index (χ0v) is 12.7. The van der Waals surface area contributed by atoms with E-state index in [4.69, 9.17) is 22.1 Å². The van der Waals surface area contributed by atoms with E-state index >= 15 is 0 Å². The monoisotopic (exact) mass is 287 g/mol. The smallest absolute Gasteiger partial charge is 0.0885 e. The quantitative estimate of drug-likeness (QED) is 0.891. The van der Waals surface area contributed by atoms with Gasteiger partial charge in [-0.15, -0.1) is 11.3 Å². The molecule has 1 aliphatic rings. The minimum absolute atomic E-state index is 0.104. The Labute approximate surface area is 118 Å². The Hall–Kier alpha value is -0.0900. The average molecular weight is 288 g/mol. The number of nitrogens with two attached hydrogens (primary N) is 1. The van der Waals surface area contributed by atoms with Crippen molar-refractivity contribution in [3.63, 3.8) is 0 Å². The Morgan fingerprint density at radius 3 is 3.00 bits per heavy atom. The third-order valence-electron chi connectivity index (χ3n) is 3.92. The minimum Gasteiger partial charge on any atom is -0.373 e. The van der Waals surface area contributed by atoms with Crippen LogP contribution in [0.15, 0.2) is 11.4 Å². The second-order valence-corrected chi connectivity index (χ2v) is 6.66. The second-order valence-electron chi connectivity index (χ2n) is 5.31. The predicted molar refractivity (Wildman–Crippen MR) is 78.2 cm³/mol. The summed E-state index contributed by atoms with van der Waals surface area (Å²) in [5.41, 5.74) is 6.28. The fourth-order valence-corrected chi connectivity index (χ4v) is 4.38. The van der Waals surface area contributed by atoms with Crippen molar-refractivity contribution in [1.82, 2.24) is 0 Å². The molecule has 2 nitrogen and oxygen atoms in total. The van der Waals surface area contributed by atoms with Gasteiger partial charge < -0.3 is 10.5 Å². The molecule has 2 N–H and O–H groups in total. The Morgan fingerprint density at radius 1 is 1.67 bits per heavy atom. The zero-order chi connectivity index (χ0) is 13.2. The molecule has 3 atom stereocenters. The summed E-state index contributed by atoms with van der Waals surface area (Å²) in [6.45, 7) is 5.04. The maximum atomic E-state index is 6.50. The van der Waals surface area contributed by atoms with Gasteiger partial charge >= 0.3 is 0 Å². The van der Waals surface area contributed by atoms with Crippen LogP contribution in [-0.2, 0) is 4.74 Å². The molecular formula is C14H22ClNOS. The van der Waals surface area contributed by atoms with Crippen LogP contribution >= 0.6 is 22.9 Å². The standard InChI is InChI=1S/C14H22ClNOS/c1-3-17-14(7-4-5-10(2)9-14)13(16)12-11(15)6-8-18-12/h6,8,10,13H,3-5,7,9,16H2,1-2H3. The summed E-state index contributed by atoms with van der Waals surface area (Å²) < 4.78 is 6.10. The van der Waals surface area contributed by atoms with Crippen molar-refractivity contribution in [2.45, 2.75) is 51.2 Å². The fourth-order valence-electron chi connectivity index (χ4n) is 3.10. The van der Waals surface area contributed by atoms with Crippen LogP contribution in [0.25, 0.3) is 0 Å². The summed E-state index contributed by atoms with van der Waals surface area (Å²) in [4.78, 5) is 1.07. The zero-order valence-electron chi connectivity index (χ0n) is 11.1. The lowest BCUT2D eigenvalue weighted by molar-refractivity contribution is -0.0931. The molecule has 0 saturated heterocycles. The van der Waals surface area contributed by atoms with Crippen LogP contribution in [0.5, 0.6) is 0 Å². The van der Waals surface area contributed by atoms with Gasteiger partial charge in [-0.3, -0.25) is 0 Å². The van der Waals surface area contributed by atoms with Gasteiger partial charge in [-0.1, -0.05) is 31.4 Å². The van der Waals surface area contributed by atoms with Gasteiger partial charge in [0.05, 0.1) is 16.7 Å². The van der Waals surface area contributed by atoms with Gasteiger partial charge in [0, 0.05) is 11.5 Å². The van der Waals surface area contributed by atoms with Crippen LogP contribution in [0.3, 0.4) is 0 Å². The van der Waals surface area contributed by atoms with E-state index in [9.17, 15) is 0 Å². The van der Waals surface area contributed by atoms with E-state index in [2.05, 4.69) is 6.92 Å². The molecule has 0 aromatic carbocycles. The normalized spacial score (nSPS) is 30.3. The second kappa shape index (κ2) is 5.91. The highest BCUT2D eigenvalue weighted by atomic mass is 35.5. The molecule has 102 valence electrons. The lowest BCUT2D eigenvalue weighted by Crippen LogP contribution is -2.47. The van der Waals surface area contributed by atoms with Crippen molar-refractivity contribution in [3.05, 3.63) is 21.3 Å². The van der Waals surface area contributed by atoms with Crippen molar-refractivity contribution in [2.24, 2.45) is 11.7 Å². The highest BCUT2D eigenvalue weighted by Crippen LogP contribution is 2.45. The van der Waals surface area contributed by atoms with Gasteiger partial charge in [0.15, 0.2) is 0 Å². The van der Waals surface area contributed by atoms with E-state index in [1.807, 2.05) is 18.4 Å². The van der Waals surface area contributed by atoms with E-state index in [-0.39, 0.29) is 11.6 Å². The first-order chi connectivity index (χ1) is 8.59. The molecule has 1 aromatic rings. The highest BCUT2D eigenvalue weighted by molar-refractivity contribution is 7.10. The SMILES string of the molecule is CCOC1(C(N)c2sccc2Cl)CCCC(C)C1. The molecule has 4 heteroatoms. The maximum Gasteiger partial charge on any atom is 0.0885 e. The van der Waals surface area contributed by atoms with Crippen molar-refractivity contribution in [1.29, 1.82) is 0 Å². The number of hydrogen-bond acceptors (Lipinski definition) is 3. The number of halogens is 1. The molecule has 0 amide bonds. The molecule has 0 bridgehead atoms. The molecule has 18 heavy (non-hydrogen) atoms. The first-order valence-corrected chi connectivity index (χ1v) is 7.97. The van der Waals surface area contributed by atoms with Crippen molar-refractivity contribution in [2.75, 3.05) is 6.61 Å². The molecule has 3 unspecified atom stereocenters. The summed E-state index contributed by atoms with van der Waals surface area (Å²) in [5, 5.41) is 2.79. The van der Waals surface area contributed by atoms with Gasteiger partial charge in [-0.2, -0.15) is 0 Å². The number of hydrogen-bond donors (Lipinski definition) is 1. The fraction of sp³-hybridized carbons (Fsp3) is 0.714. The van der Waals surface area contributed by atoms with Crippen molar-refractivity contribution < 1.29 is 4.74 Å². The molecule has 1 fully saturated rings. The van der Waals surface area contributed by atoms with E-state index < -0.39 is 0 Å². The summed E-state index contributed by atoms with van der Waals surface area (Å²) in [6.07, 6.45) is 4.55. The van der Waals surface area contributed by atoms with Gasteiger partial charge in [0.25, 0.3) is 0 Å². The summed E-state index contributed by atoms with van der Waals surface area (Å²) >= 11 is 7.87. The highest BCUT2D eigenvalue weighted by Gasteiger charge is 2.42. The maximum absolute atomic E-state index is 6.50. The lowest BCUT2D eigenvalue weighted by atomic mass is 9.74. The third kappa shape index (κ3) is 2.74. The Kier molecular flexibility index (Phi) is 4.70. The first-order valence-electron chi connectivity index (χ1n) is 6.71. The Balaban J connectivity index is 2.26. The number of rotatable bonds is 4. The van der Waals surface area contributed by atoms with E-state index in [0.717, 1.165) is 22.7 Å². The van der Waals surface area contributed by atoms with Crippen LogP contribution in [0.2, 0.25) is 5.02 Å². The Morgan fingerprint density at radius 2 is 2.44 bits per heavy atom. The van der Waals surface area contributed by atoms with Gasteiger partial charge in [0.1, 0.15) is 0 Å². The molecule has 1 heterocycles. The molecule has 0 spiro atoms. The van der Waals surface area contributed by atoms with Crippen molar-refractivity contribution in [3.8, 4) is 0 Å². The van der Waals surface area contributed by atoms with Gasteiger partial charge in [-0.25, -0.2) is 0 Å². The molecular weight excluding hydrogens is 266 g/mol. The minimum atomic E-state index is -0.221. The molecule has 1 saturated carbocycles. The van der Waals surface area contributed by atoms with Gasteiger partial charge in [0.2, 0.25) is 0 Å². The Bertz CT molecular complexity index is 391. The molecule has 0 radical (unpaired) electrons. The number of thiophene rings is 1. The van der Waals surface area contributed by atoms with Crippen LogP contribution in [0, 0.1) is 5.92 Å².